The van der Waals surface area contributed by atoms with E-state index in [0.29, 0.717) is 5.56 Å². The zero-order chi connectivity index (χ0) is 12.5. The van der Waals surface area contributed by atoms with Gasteiger partial charge in [-0.15, -0.1) is 0 Å². The van der Waals surface area contributed by atoms with Crippen LogP contribution in [0.1, 0.15) is 25.8 Å². The highest BCUT2D eigenvalue weighted by atomic mass is 32.2. The molecule has 0 spiro atoms. The first kappa shape index (κ1) is 12.4. The zero-order valence-corrected chi connectivity index (χ0v) is 11.2. The fourth-order valence-corrected chi connectivity index (χ4v) is 2.97. The van der Waals surface area contributed by atoms with Gasteiger partial charge in [0.05, 0.1) is 5.54 Å². The highest BCUT2D eigenvalue weighted by molar-refractivity contribution is 8.14. The Balaban J connectivity index is 2.21. The van der Waals surface area contributed by atoms with Crippen molar-refractivity contribution in [2.75, 3.05) is 11.1 Å². The van der Waals surface area contributed by atoms with E-state index in [0.717, 1.165) is 23.0 Å². The maximum absolute atomic E-state index is 13.4. The van der Waals surface area contributed by atoms with Crippen molar-refractivity contribution in [3.8, 4) is 0 Å². The van der Waals surface area contributed by atoms with Crippen LogP contribution >= 0.6 is 11.8 Å². The van der Waals surface area contributed by atoms with E-state index >= 15 is 0 Å². The number of hydrogen-bond donors (Lipinski definition) is 1. The summed E-state index contributed by atoms with van der Waals surface area (Å²) in [5.41, 5.74) is 1.42. The minimum absolute atomic E-state index is 0.0190. The monoisotopic (exact) mass is 252 g/mol. The van der Waals surface area contributed by atoms with Crippen molar-refractivity contribution in [1.29, 1.82) is 0 Å². The largest absolute Gasteiger partial charge is 0.335 e. The van der Waals surface area contributed by atoms with Crippen LogP contribution in [0.3, 0.4) is 0 Å². The molecule has 1 aromatic rings. The van der Waals surface area contributed by atoms with Gasteiger partial charge in [0.1, 0.15) is 5.82 Å². The highest BCUT2D eigenvalue weighted by Gasteiger charge is 2.22. The van der Waals surface area contributed by atoms with Gasteiger partial charge in [0.2, 0.25) is 0 Å². The average molecular weight is 252 g/mol. The Bertz CT molecular complexity index is 455. The normalized spacial score (nSPS) is 18.7. The number of halogens is 1. The molecule has 0 aromatic heterocycles. The first-order valence-electron chi connectivity index (χ1n) is 5.73. The molecule has 4 heteroatoms. The van der Waals surface area contributed by atoms with Crippen molar-refractivity contribution in [1.82, 2.24) is 0 Å². The quantitative estimate of drug-likeness (QED) is 0.821. The van der Waals surface area contributed by atoms with Crippen molar-refractivity contribution in [2.24, 2.45) is 4.99 Å². The predicted octanol–water partition coefficient (Wildman–Crippen LogP) is 3.82. The van der Waals surface area contributed by atoms with Crippen LogP contribution in [-0.4, -0.2) is 16.5 Å². The Morgan fingerprint density at radius 1 is 1.41 bits per heavy atom. The molecule has 1 N–H and O–H groups in total. The zero-order valence-electron chi connectivity index (χ0n) is 10.4. The van der Waals surface area contributed by atoms with E-state index in [1.54, 1.807) is 24.8 Å². The van der Waals surface area contributed by atoms with E-state index in [2.05, 4.69) is 24.2 Å². The third kappa shape index (κ3) is 3.00. The van der Waals surface area contributed by atoms with Crippen molar-refractivity contribution >= 4 is 22.6 Å². The summed E-state index contributed by atoms with van der Waals surface area (Å²) in [6.45, 7) is 6.01. The molecule has 0 bridgehead atoms. The molecule has 0 unspecified atom stereocenters. The molecule has 0 atom stereocenters. The number of benzene rings is 1. The number of hydrogen-bond acceptors (Lipinski definition) is 3. The van der Waals surface area contributed by atoms with E-state index in [4.69, 9.17) is 0 Å². The summed E-state index contributed by atoms with van der Waals surface area (Å²) >= 11 is 1.69. The second-order valence-corrected chi connectivity index (χ2v) is 5.95. The first-order chi connectivity index (χ1) is 7.98. The molecule has 0 radical (unpaired) electrons. The van der Waals surface area contributed by atoms with Crippen LogP contribution in [0, 0.1) is 12.7 Å². The fraction of sp³-hybridized carbons (Fsp3) is 0.462. The minimum atomic E-state index is -0.185. The van der Waals surface area contributed by atoms with Gasteiger partial charge >= 0.3 is 0 Å². The summed E-state index contributed by atoms with van der Waals surface area (Å²) in [5, 5.41) is 4.10. The van der Waals surface area contributed by atoms with E-state index in [1.807, 2.05) is 6.07 Å². The van der Waals surface area contributed by atoms with Gasteiger partial charge in [0.15, 0.2) is 5.17 Å². The molecule has 2 rings (SSSR count). The van der Waals surface area contributed by atoms with E-state index < -0.39 is 0 Å². The van der Waals surface area contributed by atoms with Crippen molar-refractivity contribution in [3.05, 3.63) is 29.6 Å². The Morgan fingerprint density at radius 3 is 2.88 bits per heavy atom. The Kier molecular flexibility index (Phi) is 3.43. The third-order valence-corrected chi connectivity index (χ3v) is 3.74. The van der Waals surface area contributed by atoms with Crippen LogP contribution in [0.2, 0.25) is 0 Å². The average Bonchev–Trinajstić information content (AvgIpc) is 2.23. The fourth-order valence-electron chi connectivity index (χ4n) is 1.68. The molecule has 92 valence electrons. The highest BCUT2D eigenvalue weighted by Crippen LogP contribution is 2.27. The van der Waals surface area contributed by atoms with Crippen LogP contribution < -0.4 is 5.32 Å². The van der Waals surface area contributed by atoms with E-state index in [-0.39, 0.29) is 11.4 Å². The van der Waals surface area contributed by atoms with Crippen LogP contribution in [0.4, 0.5) is 10.1 Å². The standard InChI is InChI=1S/C13H17FN2S/c1-9-10(14)5-4-6-11(9)15-12-16-13(2,3)7-8-17-12/h4-6H,7-8H2,1-3H3,(H,15,16). The molecule has 2 nitrogen and oxygen atoms in total. The number of aliphatic imine (C=N–C) groups is 1. The van der Waals surface area contributed by atoms with E-state index in [1.165, 1.54) is 6.07 Å². The van der Waals surface area contributed by atoms with Crippen LogP contribution in [0.15, 0.2) is 23.2 Å². The van der Waals surface area contributed by atoms with Gasteiger partial charge in [-0.05, 0) is 39.3 Å². The first-order valence-corrected chi connectivity index (χ1v) is 6.71. The summed E-state index contributed by atoms with van der Waals surface area (Å²) in [4.78, 5) is 4.63. The van der Waals surface area contributed by atoms with Gasteiger partial charge in [0, 0.05) is 17.0 Å². The molecule has 0 saturated carbocycles. The Hall–Kier alpha value is -1.03. The lowest BCUT2D eigenvalue weighted by Crippen LogP contribution is -2.27. The maximum atomic E-state index is 13.4. The lowest BCUT2D eigenvalue weighted by Gasteiger charge is -2.26. The summed E-state index contributed by atoms with van der Waals surface area (Å²) in [6, 6.07) is 5.06. The Labute approximate surface area is 106 Å². The third-order valence-electron chi connectivity index (χ3n) is 2.87. The number of rotatable bonds is 1. The molecular weight excluding hydrogens is 235 g/mol. The van der Waals surface area contributed by atoms with E-state index in [9.17, 15) is 4.39 Å². The van der Waals surface area contributed by atoms with Gasteiger partial charge in [-0.2, -0.15) is 0 Å². The van der Waals surface area contributed by atoms with Crippen LogP contribution in [0.25, 0.3) is 0 Å². The van der Waals surface area contributed by atoms with Crippen LogP contribution in [-0.2, 0) is 0 Å². The molecule has 1 aliphatic rings. The van der Waals surface area contributed by atoms with Gasteiger partial charge in [0.25, 0.3) is 0 Å². The molecule has 0 aliphatic carbocycles. The summed E-state index contributed by atoms with van der Waals surface area (Å²) in [6.07, 6.45) is 1.07. The van der Waals surface area contributed by atoms with Crippen molar-refractivity contribution in [3.63, 3.8) is 0 Å². The Morgan fingerprint density at radius 2 is 2.18 bits per heavy atom. The van der Waals surface area contributed by atoms with Gasteiger partial charge in [-0.3, -0.25) is 4.99 Å². The second kappa shape index (κ2) is 4.69. The number of anilines is 1. The molecule has 1 heterocycles. The summed E-state index contributed by atoms with van der Waals surface area (Å²) in [7, 11) is 0. The minimum Gasteiger partial charge on any atom is -0.335 e. The summed E-state index contributed by atoms with van der Waals surface area (Å²) in [5.74, 6) is 0.864. The van der Waals surface area contributed by atoms with Gasteiger partial charge < -0.3 is 5.32 Å². The number of amidine groups is 1. The van der Waals surface area contributed by atoms with Gasteiger partial charge in [-0.25, -0.2) is 4.39 Å². The molecule has 0 amide bonds. The predicted molar refractivity (Wildman–Crippen MR) is 73.3 cm³/mol. The molecule has 0 fully saturated rings. The summed E-state index contributed by atoms with van der Waals surface area (Å²) < 4.78 is 13.4. The van der Waals surface area contributed by atoms with Crippen LogP contribution in [0.5, 0.6) is 0 Å². The lowest BCUT2D eigenvalue weighted by atomic mass is 10.0. The molecule has 1 aliphatic heterocycles. The second-order valence-electron chi connectivity index (χ2n) is 4.87. The lowest BCUT2D eigenvalue weighted by molar-refractivity contribution is 0.507. The SMILES string of the molecule is Cc1c(F)cccc1NC1=NC(C)(C)CCS1. The number of thioether (sulfide) groups is 1. The molecule has 0 saturated heterocycles. The molecule has 1 aromatic carbocycles. The van der Waals surface area contributed by atoms with Gasteiger partial charge in [-0.1, -0.05) is 17.8 Å². The van der Waals surface area contributed by atoms with Crippen molar-refractivity contribution < 1.29 is 4.39 Å². The van der Waals surface area contributed by atoms with Crippen molar-refractivity contribution in [2.45, 2.75) is 32.7 Å². The molecular formula is C13H17FN2S. The number of nitrogens with one attached hydrogen (secondary N) is 1. The number of nitrogens with zero attached hydrogens (tertiary/aromatic N) is 1. The maximum Gasteiger partial charge on any atom is 0.161 e. The topological polar surface area (TPSA) is 24.4 Å². The smallest absolute Gasteiger partial charge is 0.161 e. The molecule has 17 heavy (non-hydrogen) atoms.